The van der Waals surface area contributed by atoms with E-state index in [2.05, 4.69) is 46.8 Å². The standard InChI is InChI=1S/C14H21ClS/c1-13(2,3)10-14(4,5)16-12-8-6-11(15)7-9-12/h6-9H,10H2,1-5H3. The molecular formula is C14H21ClS. The molecule has 0 atom stereocenters. The molecule has 0 unspecified atom stereocenters. The molecule has 0 spiro atoms. The molecule has 0 radical (unpaired) electrons. The van der Waals surface area contributed by atoms with E-state index in [-0.39, 0.29) is 4.75 Å². The molecule has 0 saturated carbocycles. The van der Waals surface area contributed by atoms with Crippen LogP contribution in [0.5, 0.6) is 0 Å². The molecule has 1 rings (SSSR count). The Hall–Kier alpha value is -0.140. The van der Waals surface area contributed by atoms with Crippen LogP contribution in [-0.4, -0.2) is 4.75 Å². The third kappa shape index (κ3) is 5.27. The fourth-order valence-electron chi connectivity index (χ4n) is 2.13. The number of hydrogen-bond donors (Lipinski definition) is 0. The molecule has 0 saturated heterocycles. The van der Waals surface area contributed by atoms with Crippen molar-refractivity contribution in [2.24, 2.45) is 5.41 Å². The van der Waals surface area contributed by atoms with E-state index in [0.29, 0.717) is 5.41 Å². The first-order valence-corrected chi connectivity index (χ1v) is 6.82. The van der Waals surface area contributed by atoms with Crippen LogP contribution in [0.15, 0.2) is 29.2 Å². The maximum Gasteiger partial charge on any atom is 0.0406 e. The highest BCUT2D eigenvalue weighted by Crippen LogP contribution is 2.40. The summed E-state index contributed by atoms with van der Waals surface area (Å²) in [4.78, 5) is 1.29. The Morgan fingerprint density at radius 2 is 1.50 bits per heavy atom. The average molecular weight is 257 g/mol. The highest BCUT2D eigenvalue weighted by Gasteiger charge is 2.26. The summed E-state index contributed by atoms with van der Waals surface area (Å²) in [7, 11) is 0. The van der Waals surface area contributed by atoms with Gasteiger partial charge >= 0.3 is 0 Å². The number of halogens is 1. The molecule has 0 N–H and O–H groups in total. The van der Waals surface area contributed by atoms with E-state index in [1.54, 1.807) is 0 Å². The van der Waals surface area contributed by atoms with Crippen LogP contribution < -0.4 is 0 Å². The van der Waals surface area contributed by atoms with E-state index in [1.165, 1.54) is 11.3 Å². The minimum atomic E-state index is 0.256. The highest BCUT2D eigenvalue weighted by atomic mass is 35.5. The fourth-order valence-corrected chi connectivity index (χ4v) is 3.68. The number of thioether (sulfide) groups is 1. The van der Waals surface area contributed by atoms with Crippen molar-refractivity contribution < 1.29 is 0 Å². The van der Waals surface area contributed by atoms with Crippen molar-refractivity contribution in [3.63, 3.8) is 0 Å². The van der Waals surface area contributed by atoms with Gasteiger partial charge in [0.15, 0.2) is 0 Å². The Morgan fingerprint density at radius 3 is 1.94 bits per heavy atom. The van der Waals surface area contributed by atoms with E-state index in [1.807, 2.05) is 23.9 Å². The van der Waals surface area contributed by atoms with Gasteiger partial charge in [0.1, 0.15) is 0 Å². The molecule has 0 heterocycles. The zero-order chi connectivity index (χ0) is 12.4. The van der Waals surface area contributed by atoms with Crippen molar-refractivity contribution in [2.75, 3.05) is 0 Å². The molecule has 0 aliphatic rings. The second-order valence-corrected chi connectivity index (χ2v) is 8.27. The number of hydrogen-bond acceptors (Lipinski definition) is 1. The van der Waals surface area contributed by atoms with E-state index < -0.39 is 0 Å². The van der Waals surface area contributed by atoms with Crippen LogP contribution >= 0.6 is 23.4 Å². The summed E-state index contributed by atoms with van der Waals surface area (Å²) in [6, 6.07) is 8.10. The lowest BCUT2D eigenvalue weighted by Crippen LogP contribution is -2.23. The predicted octanol–water partition coefficient (Wildman–Crippen LogP) is 5.65. The van der Waals surface area contributed by atoms with Gasteiger partial charge in [-0.3, -0.25) is 0 Å². The zero-order valence-electron chi connectivity index (χ0n) is 10.8. The quantitative estimate of drug-likeness (QED) is 0.630. The molecule has 0 aliphatic carbocycles. The van der Waals surface area contributed by atoms with Crippen LogP contribution in [0, 0.1) is 5.41 Å². The van der Waals surface area contributed by atoms with Gasteiger partial charge in [0, 0.05) is 14.7 Å². The summed E-state index contributed by atoms with van der Waals surface area (Å²) in [6.45, 7) is 11.5. The molecular weight excluding hydrogens is 236 g/mol. The molecule has 0 bridgehead atoms. The van der Waals surface area contributed by atoms with Crippen molar-refractivity contribution in [3.05, 3.63) is 29.3 Å². The monoisotopic (exact) mass is 256 g/mol. The van der Waals surface area contributed by atoms with Gasteiger partial charge in [-0.15, -0.1) is 11.8 Å². The molecule has 0 amide bonds. The summed E-state index contributed by atoms with van der Waals surface area (Å²) in [6.07, 6.45) is 1.19. The van der Waals surface area contributed by atoms with E-state index >= 15 is 0 Å². The molecule has 0 nitrogen and oxygen atoms in total. The number of benzene rings is 1. The Bertz CT molecular complexity index is 333. The van der Waals surface area contributed by atoms with Gasteiger partial charge in [0.25, 0.3) is 0 Å². The van der Waals surface area contributed by atoms with Gasteiger partial charge in [0.05, 0.1) is 0 Å². The summed E-state index contributed by atoms with van der Waals surface area (Å²) in [5, 5.41) is 0.804. The van der Waals surface area contributed by atoms with E-state index in [9.17, 15) is 0 Å². The Kier molecular flexibility index (Phi) is 4.36. The average Bonchev–Trinajstić information content (AvgIpc) is 2.04. The molecule has 0 aliphatic heterocycles. The van der Waals surface area contributed by atoms with Crippen LogP contribution in [-0.2, 0) is 0 Å². The third-order valence-electron chi connectivity index (χ3n) is 2.16. The first-order valence-electron chi connectivity index (χ1n) is 5.63. The van der Waals surface area contributed by atoms with Crippen molar-refractivity contribution in [3.8, 4) is 0 Å². The van der Waals surface area contributed by atoms with Crippen LogP contribution in [0.25, 0.3) is 0 Å². The van der Waals surface area contributed by atoms with Crippen molar-refractivity contribution >= 4 is 23.4 Å². The Morgan fingerprint density at radius 1 is 1.00 bits per heavy atom. The molecule has 16 heavy (non-hydrogen) atoms. The molecule has 1 aromatic rings. The van der Waals surface area contributed by atoms with Gasteiger partial charge in [-0.05, 0) is 36.1 Å². The van der Waals surface area contributed by atoms with Gasteiger partial charge in [-0.2, -0.15) is 0 Å². The maximum absolute atomic E-state index is 5.88. The molecule has 0 aromatic heterocycles. The normalized spacial score (nSPS) is 12.9. The topological polar surface area (TPSA) is 0 Å². The van der Waals surface area contributed by atoms with Crippen molar-refractivity contribution in [1.29, 1.82) is 0 Å². The third-order valence-corrected chi connectivity index (χ3v) is 3.62. The van der Waals surface area contributed by atoms with Crippen molar-refractivity contribution in [2.45, 2.75) is 50.7 Å². The smallest absolute Gasteiger partial charge is 0.0406 e. The second kappa shape index (κ2) is 5.01. The molecule has 1 aromatic carbocycles. The van der Waals surface area contributed by atoms with Gasteiger partial charge in [0.2, 0.25) is 0 Å². The second-order valence-electron chi connectivity index (χ2n) is 6.05. The van der Waals surface area contributed by atoms with Crippen LogP contribution in [0.1, 0.15) is 41.0 Å². The molecule has 0 fully saturated rings. The maximum atomic E-state index is 5.88. The predicted molar refractivity (Wildman–Crippen MR) is 75.5 cm³/mol. The van der Waals surface area contributed by atoms with Crippen LogP contribution in [0.2, 0.25) is 5.02 Å². The van der Waals surface area contributed by atoms with Crippen LogP contribution in [0.4, 0.5) is 0 Å². The highest BCUT2D eigenvalue weighted by molar-refractivity contribution is 8.00. The summed E-state index contributed by atoms with van der Waals surface area (Å²) in [5.41, 5.74) is 0.364. The lowest BCUT2D eigenvalue weighted by Gasteiger charge is -2.31. The fraction of sp³-hybridized carbons (Fsp3) is 0.571. The first kappa shape index (κ1) is 13.9. The zero-order valence-corrected chi connectivity index (χ0v) is 12.4. The molecule has 90 valence electrons. The largest absolute Gasteiger partial charge is 0.120 e. The minimum absolute atomic E-state index is 0.256. The summed E-state index contributed by atoms with van der Waals surface area (Å²) >= 11 is 7.80. The minimum Gasteiger partial charge on any atom is -0.120 e. The SMILES string of the molecule is CC(C)(C)CC(C)(C)Sc1ccc(Cl)cc1. The van der Waals surface area contributed by atoms with Gasteiger partial charge in [-0.1, -0.05) is 46.2 Å². The summed E-state index contributed by atoms with van der Waals surface area (Å²) in [5.74, 6) is 0. The first-order chi connectivity index (χ1) is 7.18. The molecule has 2 heteroatoms. The van der Waals surface area contributed by atoms with Crippen LogP contribution in [0.3, 0.4) is 0 Å². The Labute approximate surface area is 109 Å². The lowest BCUT2D eigenvalue weighted by molar-refractivity contribution is 0.339. The van der Waals surface area contributed by atoms with E-state index in [4.69, 9.17) is 11.6 Å². The van der Waals surface area contributed by atoms with Gasteiger partial charge in [-0.25, -0.2) is 0 Å². The van der Waals surface area contributed by atoms with E-state index in [0.717, 1.165) is 5.02 Å². The van der Waals surface area contributed by atoms with Crippen molar-refractivity contribution in [1.82, 2.24) is 0 Å². The Balaban J connectivity index is 2.69. The summed E-state index contributed by atoms with van der Waals surface area (Å²) < 4.78 is 0.256. The van der Waals surface area contributed by atoms with Gasteiger partial charge < -0.3 is 0 Å². The lowest BCUT2D eigenvalue weighted by atomic mass is 9.86. The number of rotatable bonds is 3.